The first kappa shape index (κ1) is 10.7. The number of nitrogens with zero attached hydrogens (tertiary/aromatic N) is 1. The summed E-state index contributed by atoms with van der Waals surface area (Å²) in [7, 11) is 1.88. The van der Waals surface area contributed by atoms with Gasteiger partial charge in [0, 0.05) is 12.4 Å². The first-order valence-corrected chi connectivity index (χ1v) is 5.49. The summed E-state index contributed by atoms with van der Waals surface area (Å²) in [6.45, 7) is 4.36. The molecule has 3 N–H and O–H groups in total. The second-order valence-electron chi connectivity index (χ2n) is 4.27. The number of nitrogens with one attached hydrogen (secondary N) is 1. The first-order valence-electron chi connectivity index (χ1n) is 5.49. The molecule has 0 atom stereocenters. The van der Waals surface area contributed by atoms with Crippen molar-refractivity contribution in [3.8, 4) is 0 Å². The van der Waals surface area contributed by atoms with E-state index in [1.54, 1.807) is 6.20 Å². The van der Waals surface area contributed by atoms with E-state index in [0.717, 1.165) is 16.6 Å². The van der Waals surface area contributed by atoms with E-state index in [4.69, 9.17) is 5.73 Å². The summed E-state index contributed by atoms with van der Waals surface area (Å²) in [5, 5.41) is 4.23. The van der Waals surface area contributed by atoms with Crippen LogP contribution in [0.4, 0.5) is 11.4 Å². The van der Waals surface area contributed by atoms with Crippen molar-refractivity contribution >= 4 is 22.3 Å². The Hall–Kier alpha value is -1.77. The summed E-state index contributed by atoms with van der Waals surface area (Å²) >= 11 is 0. The molecule has 0 spiro atoms. The van der Waals surface area contributed by atoms with Gasteiger partial charge in [0.1, 0.15) is 0 Å². The van der Waals surface area contributed by atoms with E-state index in [1.165, 1.54) is 5.56 Å². The molecule has 1 aromatic heterocycles. The van der Waals surface area contributed by atoms with Gasteiger partial charge in [-0.1, -0.05) is 19.9 Å². The minimum Gasteiger partial charge on any atom is -0.396 e. The van der Waals surface area contributed by atoms with Gasteiger partial charge in [-0.05, 0) is 23.6 Å². The maximum Gasteiger partial charge on any atom is 0.0742 e. The predicted octanol–water partition coefficient (Wildman–Crippen LogP) is 2.98. The Morgan fingerprint density at radius 3 is 2.69 bits per heavy atom. The topological polar surface area (TPSA) is 50.9 Å². The van der Waals surface area contributed by atoms with Crippen LogP contribution in [0.3, 0.4) is 0 Å². The monoisotopic (exact) mass is 215 g/mol. The van der Waals surface area contributed by atoms with Gasteiger partial charge in [0.15, 0.2) is 0 Å². The lowest BCUT2D eigenvalue weighted by Gasteiger charge is -2.11. The Morgan fingerprint density at radius 2 is 2.06 bits per heavy atom. The van der Waals surface area contributed by atoms with Gasteiger partial charge < -0.3 is 11.1 Å². The van der Waals surface area contributed by atoms with Crippen LogP contribution in [-0.4, -0.2) is 12.0 Å². The highest BCUT2D eigenvalue weighted by atomic mass is 14.9. The number of fused-ring (bicyclic) bond motifs is 1. The molecule has 1 aromatic carbocycles. The second kappa shape index (κ2) is 4.00. The van der Waals surface area contributed by atoms with Gasteiger partial charge in [-0.2, -0.15) is 0 Å². The number of nitrogens with two attached hydrogens (primary N) is 1. The molecule has 2 rings (SSSR count). The molecule has 0 amide bonds. The van der Waals surface area contributed by atoms with Gasteiger partial charge in [0.25, 0.3) is 0 Å². The van der Waals surface area contributed by atoms with E-state index in [-0.39, 0.29) is 0 Å². The summed E-state index contributed by atoms with van der Waals surface area (Å²) in [6.07, 6.45) is 1.70. The SMILES string of the molecule is CNc1c(N)cnc2ccc(C(C)C)cc12. The maximum absolute atomic E-state index is 5.90. The van der Waals surface area contributed by atoms with Crippen LogP contribution in [0.5, 0.6) is 0 Å². The molecule has 0 aliphatic carbocycles. The molecule has 0 bridgehead atoms. The second-order valence-corrected chi connectivity index (χ2v) is 4.27. The number of hydrogen-bond acceptors (Lipinski definition) is 3. The van der Waals surface area contributed by atoms with Crippen molar-refractivity contribution in [1.82, 2.24) is 4.98 Å². The van der Waals surface area contributed by atoms with E-state index in [9.17, 15) is 0 Å². The lowest BCUT2D eigenvalue weighted by molar-refractivity contribution is 0.868. The smallest absolute Gasteiger partial charge is 0.0742 e. The fourth-order valence-corrected chi connectivity index (χ4v) is 1.86. The van der Waals surface area contributed by atoms with Crippen molar-refractivity contribution in [2.75, 3.05) is 18.1 Å². The molecule has 84 valence electrons. The highest BCUT2D eigenvalue weighted by Gasteiger charge is 2.07. The molecule has 0 fully saturated rings. The molecule has 0 aliphatic rings. The molecular formula is C13H17N3. The number of pyridine rings is 1. The van der Waals surface area contributed by atoms with E-state index in [0.29, 0.717) is 11.6 Å². The Bertz CT molecular complexity index is 518. The average molecular weight is 215 g/mol. The van der Waals surface area contributed by atoms with Crippen LogP contribution in [0.1, 0.15) is 25.3 Å². The van der Waals surface area contributed by atoms with Gasteiger partial charge in [-0.3, -0.25) is 4.98 Å². The Kier molecular flexibility index (Phi) is 2.69. The molecule has 0 radical (unpaired) electrons. The largest absolute Gasteiger partial charge is 0.396 e. The summed E-state index contributed by atoms with van der Waals surface area (Å²) in [5.41, 5.74) is 9.83. The Balaban J connectivity index is 2.73. The molecule has 1 heterocycles. The van der Waals surface area contributed by atoms with Crippen LogP contribution in [0.2, 0.25) is 0 Å². The van der Waals surface area contributed by atoms with Gasteiger partial charge in [-0.15, -0.1) is 0 Å². The van der Waals surface area contributed by atoms with Crippen molar-refractivity contribution in [1.29, 1.82) is 0 Å². The van der Waals surface area contributed by atoms with Crippen LogP contribution in [-0.2, 0) is 0 Å². The molecule has 3 heteroatoms. The lowest BCUT2D eigenvalue weighted by atomic mass is 10.0. The number of rotatable bonds is 2. The minimum atomic E-state index is 0.510. The zero-order chi connectivity index (χ0) is 11.7. The molecule has 0 unspecified atom stereocenters. The molecular weight excluding hydrogens is 198 g/mol. The summed E-state index contributed by atoms with van der Waals surface area (Å²) in [6, 6.07) is 6.33. The molecule has 2 aromatic rings. The summed E-state index contributed by atoms with van der Waals surface area (Å²) in [4.78, 5) is 4.32. The maximum atomic E-state index is 5.90. The zero-order valence-electron chi connectivity index (χ0n) is 9.91. The third-order valence-electron chi connectivity index (χ3n) is 2.84. The summed E-state index contributed by atoms with van der Waals surface area (Å²) < 4.78 is 0. The molecule has 3 nitrogen and oxygen atoms in total. The van der Waals surface area contributed by atoms with Crippen LogP contribution >= 0.6 is 0 Å². The first-order chi connectivity index (χ1) is 7.63. The fraction of sp³-hybridized carbons (Fsp3) is 0.308. The molecule has 0 saturated carbocycles. The number of hydrogen-bond donors (Lipinski definition) is 2. The van der Waals surface area contributed by atoms with E-state index in [1.807, 2.05) is 13.1 Å². The van der Waals surface area contributed by atoms with Crippen LogP contribution in [0.15, 0.2) is 24.4 Å². The van der Waals surface area contributed by atoms with Crippen LogP contribution < -0.4 is 11.1 Å². The van der Waals surface area contributed by atoms with Gasteiger partial charge >= 0.3 is 0 Å². The lowest BCUT2D eigenvalue weighted by Crippen LogP contribution is -1.99. The third kappa shape index (κ3) is 1.69. The van der Waals surface area contributed by atoms with Crippen molar-refractivity contribution in [3.63, 3.8) is 0 Å². The van der Waals surface area contributed by atoms with Crippen molar-refractivity contribution in [2.45, 2.75) is 19.8 Å². The number of nitrogen functional groups attached to an aromatic ring is 1. The normalized spacial score (nSPS) is 11.0. The van der Waals surface area contributed by atoms with E-state index >= 15 is 0 Å². The van der Waals surface area contributed by atoms with Crippen molar-refractivity contribution in [2.24, 2.45) is 0 Å². The Morgan fingerprint density at radius 1 is 1.31 bits per heavy atom. The van der Waals surface area contributed by atoms with Crippen LogP contribution in [0.25, 0.3) is 10.9 Å². The number of benzene rings is 1. The van der Waals surface area contributed by atoms with Crippen LogP contribution in [0, 0.1) is 0 Å². The summed E-state index contributed by atoms with van der Waals surface area (Å²) in [5.74, 6) is 0.510. The Labute approximate surface area is 95.7 Å². The van der Waals surface area contributed by atoms with E-state index in [2.05, 4.69) is 36.3 Å². The number of aromatic nitrogens is 1. The quantitative estimate of drug-likeness (QED) is 0.809. The van der Waals surface area contributed by atoms with Gasteiger partial charge in [-0.25, -0.2) is 0 Å². The van der Waals surface area contributed by atoms with E-state index < -0.39 is 0 Å². The third-order valence-corrected chi connectivity index (χ3v) is 2.84. The zero-order valence-corrected chi connectivity index (χ0v) is 9.91. The highest BCUT2D eigenvalue weighted by molar-refractivity contribution is 5.97. The molecule has 0 aliphatic heterocycles. The predicted molar refractivity (Wildman–Crippen MR) is 69.8 cm³/mol. The highest BCUT2D eigenvalue weighted by Crippen LogP contribution is 2.29. The molecule has 16 heavy (non-hydrogen) atoms. The van der Waals surface area contributed by atoms with Gasteiger partial charge in [0.05, 0.1) is 23.1 Å². The number of anilines is 2. The minimum absolute atomic E-state index is 0.510. The average Bonchev–Trinajstić information content (AvgIpc) is 2.28. The van der Waals surface area contributed by atoms with Crippen molar-refractivity contribution in [3.05, 3.63) is 30.0 Å². The van der Waals surface area contributed by atoms with Crippen molar-refractivity contribution < 1.29 is 0 Å². The van der Waals surface area contributed by atoms with Gasteiger partial charge in [0.2, 0.25) is 0 Å². The fourth-order valence-electron chi connectivity index (χ4n) is 1.86. The molecule has 0 saturated heterocycles. The standard InChI is InChI=1S/C13H17N3/c1-8(2)9-4-5-12-10(6-9)13(15-3)11(14)7-16-12/h4-8H,14H2,1-3H3,(H,15,16).